The molecule has 0 aliphatic heterocycles. The minimum absolute atomic E-state index is 0.0453. The highest BCUT2D eigenvalue weighted by molar-refractivity contribution is 7.92. The monoisotopic (exact) mass is 685 g/mol. The molecule has 0 bridgehead atoms. The van der Waals surface area contributed by atoms with Crippen molar-refractivity contribution in [2.24, 2.45) is 0 Å². The maximum Gasteiger partial charge on any atom is 0.261 e. The molecular formula is C37H33F2N3O6S. The number of nitrogens with zero attached hydrogens (tertiary/aromatic N) is 1. The molecule has 2 amide bonds. The van der Waals surface area contributed by atoms with Crippen molar-refractivity contribution in [1.29, 1.82) is 0 Å². The Morgan fingerprint density at radius 2 is 1.39 bits per heavy atom. The van der Waals surface area contributed by atoms with Crippen LogP contribution in [-0.2, 0) is 32.7 Å². The highest BCUT2D eigenvalue weighted by Crippen LogP contribution is 2.26. The Morgan fingerprint density at radius 1 is 0.776 bits per heavy atom. The van der Waals surface area contributed by atoms with Crippen molar-refractivity contribution in [3.8, 4) is 11.5 Å². The number of carbonyl (C=O) groups excluding carboxylic acids is 2. The third-order valence-corrected chi connectivity index (χ3v) is 8.90. The van der Waals surface area contributed by atoms with Gasteiger partial charge in [0.15, 0.2) is 6.61 Å². The standard InChI is InChI=1S/C37H33F2N3O6S/c1-47-34-10-6-5-9-28(34)23-40-37(44)36(27-7-3-2-4-8-27)42(24-26-11-13-29(38)14-12-26)35(43)25-48-32-19-21-33(22-20-32)49(45,46)41-31-17-15-30(39)16-18-31/h2-22,36,41H,23-25H2,1H3,(H,40,44)/t36-/m0/s1. The topological polar surface area (TPSA) is 114 Å². The highest BCUT2D eigenvalue weighted by atomic mass is 32.2. The average molecular weight is 686 g/mol. The molecule has 0 fully saturated rings. The van der Waals surface area contributed by atoms with E-state index in [1.165, 1.54) is 72.7 Å². The minimum atomic E-state index is -3.99. The number of benzene rings is 5. The van der Waals surface area contributed by atoms with Crippen LogP contribution in [0, 0.1) is 11.6 Å². The molecule has 5 rings (SSSR count). The molecule has 5 aromatic carbocycles. The molecule has 2 N–H and O–H groups in total. The fourth-order valence-corrected chi connectivity index (χ4v) is 6.08. The van der Waals surface area contributed by atoms with Crippen LogP contribution in [0.15, 0.2) is 132 Å². The zero-order chi connectivity index (χ0) is 34.8. The van der Waals surface area contributed by atoms with Gasteiger partial charge in [0.2, 0.25) is 5.91 Å². The van der Waals surface area contributed by atoms with E-state index in [4.69, 9.17) is 9.47 Å². The van der Waals surface area contributed by atoms with Crippen molar-refractivity contribution in [2.45, 2.75) is 24.0 Å². The van der Waals surface area contributed by atoms with E-state index in [9.17, 15) is 26.8 Å². The van der Waals surface area contributed by atoms with Crippen LogP contribution in [0.2, 0.25) is 0 Å². The molecule has 0 unspecified atom stereocenters. The summed E-state index contributed by atoms with van der Waals surface area (Å²) in [6.45, 7) is -0.410. The van der Waals surface area contributed by atoms with E-state index in [0.717, 1.165) is 17.7 Å². The van der Waals surface area contributed by atoms with Crippen molar-refractivity contribution in [1.82, 2.24) is 10.2 Å². The first-order valence-corrected chi connectivity index (χ1v) is 16.6. The number of hydrogen-bond donors (Lipinski definition) is 2. The first-order chi connectivity index (χ1) is 23.6. The molecule has 0 aliphatic carbocycles. The number of methoxy groups -OCH3 is 1. The Bertz CT molecular complexity index is 1980. The summed E-state index contributed by atoms with van der Waals surface area (Å²) in [4.78, 5) is 29.1. The number of para-hydroxylation sites is 1. The van der Waals surface area contributed by atoms with Gasteiger partial charge in [0.05, 0.1) is 12.0 Å². The van der Waals surface area contributed by atoms with Gasteiger partial charge < -0.3 is 19.7 Å². The van der Waals surface area contributed by atoms with Gasteiger partial charge in [0, 0.05) is 24.3 Å². The number of amides is 2. The van der Waals surface area contributed by atoms with E-state index in [1.807, 2.05) is 18.2 Å². The molecular weight excluding hydrogens is 652 g/mol. The molecule has 12 heteroatoms. The maximum atomic E-state index is 13.9. The third kappa shape index (κ3) is 9.20. The second-order valence-corrected chi connectivity index (χ2v) is 12.5. The lowest BCUT2D eigenvalue weighted by Gasteiger charge is -2.31. The molecule has 252 valence electrons. The van der Waals surface area contributed by atoms with Gasteiger partial charge in [0.25, 0.3) is 15.9 Å². The first-order valence-electron chi connectivity index (χ1n) is 15.1. The zero-order valence-corrected chi connectivity index (χ0v) is 27.2. The molecule has 5 aromatic rings. The molecule has 9 nitrogen and oxygen atoms in total. The van der Waals surface area contributed by atoms with E-state index in [2.05, 4.69) is 10.0 Å². The molecule has 1 atom stereocenters. The lowest BCUT2D eigenvalue weighted by atomic mass is 10.0. The van der Waals surface area contributed by atoms with Crippen molar-refractivity contribution < 1.29 is 36.3 Å². The van der Waals surface area contributed by atoms with E-state index in [1.54, 1.807) is 36.4 Å². The number of nitrogens with one attached hydrogen (secondary N) is 2. The maximum absolute atomic E-state index is 13.9. The molecule has 0 aromatic heterocycles. The first kappa shape index (κ1) is 34.6. The number of halogens is 2. The number of hydrogen-bond acceptors (Lipinski definition) is 6. The van der Waals surface area contributed by atoms with Crippen LogP contribution in [0.25, 0.3) is 0 Å². The van der Waals surface area contributed by atoms with Gasteiger partial charge in [-0.05, 0) is 77.9 Å². The number of ether oxygens (including phenoxy) is 2. The third-order valence-electron chi connectivity index (χ3n) is 7.50. The quantitative estimate of drug-likeness (QED) is 0.143. The van der Waals surface area contributed by atoms with Crippen molar-refractivity contribution in [3.63, 3.8) is 0 Å². The molecule has 49 heavy (non-hydrogen) atoms. The van der Waals surface area contributed by atoms with Gasteiger partial charge in [0.1, 0.15) is 29.2 Å². The van der Waals surface area contributed by atoms with Gasteiger partial charge >= 0.3 is 0 Å². The SMILES string of the molecule is COc1ccccc1CNC(=O)[C@H](c1ccccc1)N(Cc1ccc(F)cc1)C(=O)COc1ccc(S(=O)(=O)Nc2ccc(F)cc2)cc1. The lowest BCUT2D eigenvalue weighted by molar-refractivity contribution is -0.143. The average Bonchev–Trinajstić information content (AvgIpc) is 3.12. The van der Waals surface area contributed by atoms with Gasteiger partial charge in [-0.2, -0.15) is 0 Å². The lowest BCUT2D eigenvalue weighted by Crippen LogP contribution is -2.45. The summed E-state index contributed by atoms with van der Waals surface area (Å²) < 4.78 is 66.2. The fourth-order valence-electron chi connectivity index (χ4n) is 5.02. The van der Waals surface area contributed by atoms with Crippen LogP contribution < -0.4 is 19.5 Å². The largest absolute Gasteiger partial charge is 0.496 e. The van der Waals surface area contributed by atoms with Crippen LogP contribution >= 0.6 is 0 Å². The highest BCUT2D eigenvalue weighted by Gasteiger charge is 2.32. The number of anilines is 1. The summed E-state index contributed by atoms with van der Waals surface area (Å²) in [5.74, 6) is -1.17. The van der Waals surface area contributed by atoms with Gasteiger partial charge in [-0.1, -0.05) is 60.7 Å². The molecule has 0 heterocycles. The normalized spacial score (nSPS) is 11.7. The van der Waals surface area contributed by atoms with Crippen LogP contribution in [0.3, 0.4) is 0 Å². The molecule has 0 radical (unpaired) electrons. The predicted molar refractivity (Wildman–Crippen MR) is 180 cm³/mol. The molecule has 0 spiro atoms. The van der Waals surface area contributed by atoms with Crippen molar-refractivity contribution in [3.05, 3.63) is 156 Å². The fraction of sp³-hybridized carbons (Fsp3) is 0.135. The van der Waals surface area contributed by atoms with Crippen LogP contribution in [0.1, 0.15) is 22.7 Å². The summed E-state index contributed by atoms with van der Waals surface area (Å²) in [6.07, 6.45) is 0. The Hall–Kier alpha value is -5.75. The van der Waals surface area contributed by atoms with E-state index in [0.29, 0.717) is 16.9 Å². The van der Waals surface area contributed by atoms with Crippen LogP contribution in [-0.4, -0.2) is 38.8 Å². The summed E-state index contributed by atoms with van der Waals surface area (Å²) in [7, 11) is -2.45. The Morgan fingerprint density at radius 3 is 2.04 bits per heavy atom. The summed E-state index contributed by atoms with van der Waals surface area (Å²) in [6, 6.07) is 30.8. The summed E-state index contributed by atoms with van der Waals surface area (Å²) >= 11 is 0. The molecule has 0 aliphatic rings. The van der Waals surface area contributed by atoms with Crippen molar-refractivity contribution in [2.75, 3.05) is 18.4 Å². The summed E-state index contributed by atoms with van der Waals surface area (Å²) in [5, 5.41) is 2.92. The Kier molecular flexibility index (Phi) is 11.2. The van der Waals surface area contributed by atoms with Gasteiger partial charge in [-0.3, -0.25) is 14.3 Å². The van der Waals surface area contributed by atoms with E-state index in [-0.39, 0.29) is 29.4 Å². The number of rotatable bonds is 14. The van der Waals surface area contributed by atoms with Gasteiger partial charge in [-0.25, -0.2) is 17.2 Å². The Balaban J connectivity index is 1.36. The molecule has 0 saturated carbocycles. The van der Waals surface area contributed by atoms with Gasteiger partial charge in [-0.15, -0.1) is 0 Å². The molecule has 0 saturated heterocycles. The minimum Gasteiger partial charge on any atom is -0.496 e. The van der Waals surface area contributed by atoms with Crippen molar-refractivity contribution >= 4 is 27.5 Å². The smallest absolute Gasteiger partial charge is 0.261 e. The second kappa shape index (κ2) is 15.9. The zero-order valence-electron chi connectivity index (χ0n) is 26.4. The van der Waals surface area contributed by atoms with E-state index >= 15 is 0 Å². The second-order valence-electron chi connectivity index (χ2n) is 10.9. The van der Waals surface area contributed by atoms with Crippen LogP contribution in [0.5, 0.6) is 11.5 Å². The van der Waals surface area contributed by atoms with E-state index < -0.39 is 46.1 Å². The van der Waals surface area contributed by atoms with Crippen LogP contribution in [0.4, 0.5) is 14.5 Å². The summed E-state index contributed by atoms with van der Waals surface area (Å²) in [5.41, 5.74) is 2.05. The predicted octanol–water partition coefficient (Wildman–Crippen LogP) is 6.24. The number of carbonyl (C=O) groups is 2. The Labute approximate surface area is 283 Å². The number of sulfonamides is 1.